The van der Waals surface area contributed by atoms with Gasteiger partial charge in [-0.05, 0) is 33.6 Å². The molecule has 3 aromatic rings. The van der Waals surface area contributed by atoms with Crippen LogP contribution in [0.1, 0.15) is 5.56 Å². The van der Waals surface area contributed by atoms with Gasteiger partial charge in [0, 0.05) is 18.6 Å². The summed E-state index contributed by atoms with van der Waals surface area (Å²) in [5, 5.41) is 8.64. The molecule has 0 N–H and O–H groups in total. The number of hydrogen-bond acceptors (Lipinski definition) is 4. The lowest BCUT2D eigenvalue weighted by atomic mass is 10.2. The molecular weight excluding hydrogens is 320 g/mol. The maximum Gasteiger partial charge on any atom is 0.264 e. The molecule has 6 heteroatoms. The van der Waals surface area contributed by atoms with E-state index >= 15 is 0 Å². The van der Waals surface area contributed by atoms with Crippen molar-refractivity contribution in [3.63, 3.8) is 0 Å². The average Bonchev–Trinajstić information content (AvgIpc) is 2.89. The summed E-state index contributed by atoms with van der Waals surface area (Å²) in [4.78, 5) is 8.50. The Kier molecular flexibility index (Phi) is 3.35. The topological polar surface area (TPSA) is 63.2 Å². The van der Waals surface area contributed by atoms with Crippen molar-refractivity contribution < 1.29 is 4.74 Å². The van der Waals surface area contributed by atoms with Crippen LogP contribution in [0.3, 0.4) is 0 Å². The van der Waals surface area contributed by atoms with Gasteiger partial charge < -0.3 is 4.74 Å². The summed E-state index contributed by atoms with van der Waals surface area (Å²) in [7, 11) is 0. The van der Waals surface area contributed by atoms with E-state index in [1.807, 2.05) is 41.1 Å². The van der Waals surface area contributed by atoms with Gasteiger partial charge in [-0.1, -0.05) is 12.1 Å². The van der Waals surface area contributed by atoms with Crippen LogP contribution in [0, 0.1) is 11.3 Å². The van der Waals surface area contributed by atoms with Crippen molar-refractivity contribution in [2.75, 3.05) is 0 Å². The first-order valence-electron chi connectivity index (χ1n) is 5.89. The maximum absolute atomic E-state index is 8.64. The van der Waals surface area contributed by atoms with Gasteiger partial charge in [-0.25, -0.2) is 9.97 Å². The number of imidazole rings is 1. The second-order valence-electron chi connectivity index (χ2n) is 4.11. The van der Waals surface area contributed by atoms with Crippen LogP contribution in [0.5, 0.6) is 11.6 Å². The minimum Gasteiger partial charge on any atom is -0.436 e. The summed E-state index contributed by atoms with van der Waals surface area (Å²) in [6.45, 7) is 0. The lowest BCUT2D eigenvalue weighted by molar-refractivity contribution is 0.463. The Morgan fingerprint density at radius 1 is 1.30 bits per heavy atom. The first-order chi connectivity index (χ1) is 9.76. The number of fused-ring (bicyclic) bond motifs is 1. The molecule has 98 valence electrons. The van der Waals surface area contributed by atoms with Crippen LogP contribution < -0.4 is 4.74 Å². The molecule has 0 aliphatic rings. The lowest BCUT2D eigenvalue weighted by Gasteiger charge is -2.07. The molecule has 0 spiro atoms. The summed E-state index contributed by atoms with van der Waals surface area (Å²) in [5.74, 6) is 1.08. The van der Waals surface area contributed by atoms with Gasteiger partial charge in [0.1, 0.15) is 10.4 Å². The van der Waals surface area contributed by atoms with Gasteiger partial charge in [0.25, 0.3) is 5.88 Å². The molecule has 0 aliphatic carbocycles. The standard InChI is InChI=1S/C14H9BrN4O/c15-12-9-19-8-7-17-13(19)14(18-12)20-11-3-1-10(2-4-11)5-6-16/h1-4,7-9H,5H2. The van der Waals surface area contributed by atoms with E-state index in [2.05, 4.69) is 32.0 Å². The third-order valence-corrected chi connectivity index (χ3v) is 3.12. The minimum absolute atomic E-state index is 0.389. The molecule has 5 nitrogen and oxygen atoms in total. The highest BCUT2D eigenvalue weighted by atomic mass is 79.9. The fraction of sp³-hybridized carbons (Fsp3) is 0.0714. The van der Waals surface area contributed by atoms with E-state index in [9.17, 15) is 0 Å². The Labute approximate surface area is 123 Å². The molecule has 0 amide bonds. The number of nitriles is 1. The molecule has 2 heterocycles. The zero-order valence-corrected chi connectivity index (χ0v) is 11.9. The fourth-order valence-electron chi connectivity index (χ4n) is 1.82. The number of rotatable bonds is 3. The summed E-state index contributed by atoms with van der Waals surface area (Å²) in [5.41, 5.74) is 1.60. The van der Waals surface area contributed by atoms with Gasteiger partial charge >= 0.3 is 0 Å². The van der Waals surface area contributed by atoms with Crippen molar-refractivity contribution in [1.82, 2.24) is 14.4 Å². The molecule has 0 fully saturated rings. The molecule has 3 rings (SSSR count). The summed E-state index contributed by atoms with van der Waals surface area (Å²) < 4.78 is 8.25. The third-order valence-electron chi connectivity index (χ3n) is 2.73. The molecule has 0 atom stereocenters. The molecule has 2 aromatic heterocycles. The van der Waals surface area contributed by atoms with E-state index in [0.29, 0.717) is 28.3 Å². The van der Waals surface area contributed by atoms with Crippen molar-refractivity contribution in [1.29, 1.82) is 5.26 Å². The summed E-state index contributed by atoms with van der Waals surface area (Å²) >= 11 is 3.34. The number of aromatic nitrogens is 3. The lowest BCUT2D eigenvalue weighted by Crippen LogP contribution is -1.95. The molecule has 0 saturated heterocycles. The second kappa shape index (κ2) is 5.31. The Bertz CT molecular complexity index is 789. The van der Waals surface area contributed by atoms with Crippen LogP contribution >= 0.6 is 15.9 Å². The Morgan fingerprint density at radius 3 is 2.85 bits per heavy atom. The minimum atomic E-state index is 0.389. The van der Waals surface area contributed by atoms with E-state index in [-0.39, 0.29) is 0 Å². The van der Waals surface area contributed by atoms with Crippen LogP contribution in [0.4, 0.5) is 0 Å². The predicted molar refractivity (Wildman–Crippen MR) is 76.5 cm³/mol. The number of hydrogen-bond donors (Lipinski definition) is 0. The molecular formula is C14H9BrN4O. The fourth-order valence-corrected chi connectivity index (χ4v) is 2.20. The molecule has 20 heavy (non-hydrogen) atoms. The van der Waals surface area contributed by atoms with Gasteiger partial charge in [-0.3, -0.25) is 4.40 Å². The monoisotopic (exact) mass is 328 g/mol. The Morgan fingerprint density at radius 2 is 2.10 bits per heavy atom. The van der Waals surface area contributed by atoms with Crippen LogP contribution in [-0.2, 0) is 6.42 Å². The molecule has 1 aromatic carbocycles. The predicted octanol–water partition coefficient (Wildman–Crippen LogP) is 3.35. The summed E-state index contributed by atoms with van der Waals surface area (Å²) in [6, 6.07) is 9.46. The van der Waals surface area contributed by atoms with E-state index in [1.54, 1.807) is 6.20 Å². The number of halogens is 1. The normalized spacial score (nSPS) is 10.4. The Hall–Kier alpha value is -2.39. The second-order valence-corrected chi connectivity index (χ2v) is 4.92. The first-order valence-corrected chi connectivity index (χ1v) is 6.68. The quantitative estimate of drug-likeness (QED) is 0.739. The van der Waals surface area contributed by atoms with Gasteiger partial charge in [0.05, 0.1) is 12.5 Å². The van der Waals surface area contributed by atoms with Crippen molar-refractivity contribution >= 4 is 21.6 Å². The molecule has 0 bridgehead atoms. The average molecular weight is 329 g/mol. The van der Waals surface area contributed by atoms with E-state index in [1.165, 1.54) is 0 Å². The van der Waals surface area contributed by atoms with Crippen molar-refractivity contribution in [2.45, 2.75) is 6.42 Å². The first kappa shape index (κ1) is 12.6. The van der Waals surface area contributed by atoms with E-state index in [0.717, 1.165) is 5.56 Å². The van der Waals surface area contributed by atoms with Gasteiger partial charge in [0.2, 0.25) is 5.65 Å². The zero-order chi connectivity index (χ0) is 13.9. The maximum atomic E-state index is 8.64. The van der Waals surface area contributed by atoms with Crippen molar-refractivity contribution in [3.8, 4) is 17.7 Å². The third kappa shape index (κ3) is 2.49. The van der Waals surface area contributed by atoms with E-state index < -0.39 is 0 Å². The SMILES string of the molecule is N#CCc1ccc(Oc2nc(Br)cn3ccnc23)cc1. The molecule has 0 unspecified atom stereocenters. The number of nitrogens with zero attached hydrogens (tertiary/aromatic N) is 4. The number of ether oxygens (including phenoxy) is 1. The van der Waals surface area contributed by atoms with Gasteiger partial charge in [-0.15, -0.1) is 0 Å². The van der Waals surface area contributed by atoms with Crippen LogP contribution in [0.15, 0.2) is 47.5 Å². The van der Waals surface area contributed by atoms with Crippen molar-refractivity contribution in [3.05, 3.63) is 53.0 Å². The largest absolute Gasteiger partial charge is 0.436 e. The highest BCUT2D eigenvalue weighted by Crippen LogP contribution is 2.25. The van der Waals surface area contributed by atoms with E-state index in [4.69, 9.17) is 10.00 Å². The van der Waals surface area contributed by atoms with Gasteiger partial charge in [-0.2, -0.15) is 5.26 Å². The zero-order valence-electron chi connectivity index (χ0n) is 10.3. The molecule has 0 radical (unpaired) electrons. The van der Waals surface area contributed by atoms with Crippen LogP contribution in [0.25, 0.3) is 5.65 Å². The Balaban J connectivity index is 1.93. The highest BCUT2D eigenvalue weighted by molar-refractivity contribution is 9.10. The van der Waals surface area contributed by atoms with Crippen LogP contribution in [0.2, 0.25) is 0 Å². The molecule has 0 saturated carbocycles. The van der Waals surface area contributed by atoms with Gasteiger partial charge in [0.15, 0.2) is 0 Å². The molecule has 0 aliphatic heterocycles. The summed E-state index contributed by atoms with van der Waals surface area (Å²) in [6.07, 6.45) is 5.71. The van der Waals surface area contributed by atoms with Crippen LogP contribution in [-0.4, -0.2) is 14.4 Å². The van der Waals surface area contributed by atoms with Crippen molar-refractivity contribution in [2.24, 2.45) is 0 Å². The smallest absolute Gasteiger partial charge is 0.264 e. The number of benzene rings is 1. The highest BCUT2D eigenvalue weighted by Gasteiger charge is 2.08.